The molecule has 0 N–H and O–H groups in total. The third kappa shape index (κ3) is 21.9. The Labute approximate surface area is 191 Å². The van der Waals surface area contributed by atoms with Gasteiger partial charge < -0.3 is 8.37 Å². The van der Waals surface area contributed by atoms with Crippen molar-refractivity contribution in [2.45, 2.75) is 142 Å². The summed E-state index contributed by atoms with van der Waals surface area (Å²) in [5.74, 6) is -1.72. The molecule has 0 heterocycles. The molecule has 0 saturated carbocycles. The number of unbranched alkanes of at least 4 members (excludes halogenated alkanes) is 16. The van der Waals surface area contributed by atoms with Crippen LogP contribution in [0.4, 0.5) is 0 Å². The Morgan fingerprint density at radius 1 is 0.484 bits per heavy atom. The SMILES string of the molecule is CCCCCCCCCCCC(=O)OS(=O)(=O)OC(=O)CCCCCCCCCCC. The van der Waals surface area contributed by atoms with Crippen LogP contribution in [0.25, 0.3) is 0 Å². The van der Waals surface area contributed by atoms with Crippen molar-refractivity contribution >= 4 is 22.3 Å². The van der Waals surface area contributed by atoms with E-state index in [4.69, 9.17) is 0 Å². The predicted octanol–water partition coefficient (Wildman–Crippen LogP) is 7.16. The highest BCUT2D eigenvalue weighted by Crippen LogP contribution is 2.13. The topological polar surface area (TPSA) is 86.7 Å². The summed E-state index contributed by atoms with van der Waals surface area (Å²) in [6, 6.07) is 0. The average Bonchev–Trinajstić information content (AvgIpc) is 2.70. The van der Waals surface area contributed by atoms with Crippen LogP contribution in [0.15, 0.2) is 0 Å². The van der Waals surface area contributed by atoms with Crippen molar-refractivity contribution in [1.29, 1.82) is 0 Å². The zero-order chi connectivity index (χ0) is 23.2. The van der Waals surface area contributed by atoms with Crippen LogP contribution in [-0.2, 0) is 28.4 Å². The van der Waals surface area contributed by atoms with Crippen LogP contribution in [0.3, 0.4) is 0 Å². The highest BCUT2D eigenvalue weighted by Gasteiger charge is 2.22. The lowest BCUT2D eigenvalue weighted by Gasteiger charge is -2.06. The third-order valence-corrected chi connectivity index (χ3v) is 6.14. The summed E-state index contributed by atoms with van der Waals surface area (Å²) >= 11 is 0. The van der Waals surface area contributed by atoms with E-state index in [0.717, 1.165) is 38.5 Å². The summed E-state index contributed by atoms with van der Waals surface area (Å²) in [4.78, 5) is 23.4. The maximum atomic E-state index is 11.7. The molecule has 0 saturated heterocycles. The minimum atomic E-state index is -4.60. The minimum absolute atomic E-state index is 0.0187. The molecule has 0 bridgehead atoms. The molecular weight excluding hydrogens is 416 g/mol. The Balaban J connectivity index is 3.69. The van der Waals surface area contributed by atoms with Gasteiger partial charge in [-0.2, -0.15) is 0 Å². The maximum absolute atomic E-state index is 11.7. The van der Waals surface area contributed by atoms with E-state index in [9.17, 15) is 18.0 Å². The zero-order valence-corrected chi connectivity index (χ0v) is 20.8. The Bertz CT molecular complexity index is 502. The molecule has 6 nitrogen and oxygen atoms in total. The second-order valence-corrected chi connectivity index (χ2v) is 9.63. The smallest absolute Gasteiger partial charge is 0.316 e. The van der Waals surface area contributed by atoms with Crippen molar-refractivity contribution < 1.29 is 26.4 Å². The fourth-order valence-electron chi connectivity index (χ4n) is 3.49. The lowest BCUT2D eigenvalue weighted by molar-refractivity contribution is -0.138. The second kappa shape index (κ2) is 20.8. The molecule has 0 unspecified atom stereocenters. The molecule has 7 heteroatoms. The van der Waals surface area contributed by atoms with E-state index in [1.807, 2.05) is 0 Å². The molecule has 0 amide bonds. The fraction of sp³-hybridized carbons (Fsp3) is 0.917. The van der Waals surface area contributed by atoms with Gasteiger partial charge in [0.2, 0.25) is 0 Å². The molecule has 0 aromatic heterocycles. The number of carbonyl (C=O) groups is 2. The summed E-state index contributed by atoms with van der Waals surface area (Å²) in [6.07, 6.45) is 19.7. The molecule has 0 aliphatic heterocycles. The molecule has 184 valence electrons. The van der Waals surface area contributed by atoms with Crippen LogP contribution in [-0.4, -0.2) is 20.4 Å². The van der Waals surface area contributed by atoms with Crippen LogP contribution in [0.1, 0.15) is 142 Å². The van der Waals surface area contributed by atoms with Gasteiger partial charge in [0.15, 0.2) is 0 Å². The van der Waals surface area contributed by atoms with Crippen LogP contribution in [0.5, 0.6) is 0 Å². The van der Waals surface area contributed by atoms with Crippen molar-refractivity contribution in [3.63, 3.8) is 0 Å². The Morgan fingerprint density at radius 3 is 1.03 bits per heavy atom. The molecule has 0 radical (unpaired) electrons. The normalized spacial score (nSPS) is 11.4. The molecule has 0 rings (SSSR count). The molecule has 0 atom stereocenters. The summed E-state index contributed by atoms with van der Waals surface area (Å²) in [5, 5.41) is 0. The van der Waals surface area contributed by atoms with Crippen LogP contribution in [0, 0.1) is 0 Å². The molecule has 0 aromatic rings. The first-order chi connectivity index (χ1) is 14.9. The van der Waals surface area contributed by atoms with E-state index in [-0.39, 0.29) is 12.8 Å². The van der Waals surface area contributed by atoms with Crippen LogP contribution >= 0.6 is 0 Å². The largest absolute Gasteiger partial charge is 0.506 e. The van der Waals surface area contributed by atoms with Gasteiger partial charge in [-0.15, -0.1) is 8.42 Å². The van der Waals surface area contributed by atoms with Gasteiger partial charge in [0.25, 0.3) is 0 Å². The Hall–Kier alpha value is -1.11. The quantitative estimate of drug-likeness (QED) is 0.159. The summed E-state index contributed by atoms with van der Waals surface area (Å²) in [7, 11) is -4.60. The van der Waals surface area contributed by atoms with E-state index < -0.39 is 22.3 Å². The molecule has 31 heavy (non-hydrogen) atoms. The van der Waals surface area contributed by atoms with Crippen molar-refractivity contribution in [1.82, 2.24) is 0 Å². The van der Waals surface area contributed by atoms with E-state index in [1.54, 1.807) is 0 Å². The fourth-order valence-corrected chi connectivity index (χ4v) is 4.14. The molecule has 0 aliphatic carbocycles. The molecule has 0 fully saturated rings. The van der Waals surface area contributed by atoms with Gasteiger partial charge in [-0.1, -0.05) is 117 Å². The van der Waals surface area contributed by atoms with Crippen LogP contribution < -0.4 is 0 Å². The maximum Gasteiger partial charge on any atom is 0.506 e. The van der Waals surface area contributed by atoms with Gasteiger partial charge in [-0.05, 0) is 12.8 Å². The minimum Gasteiger partial charge on any atom is -0.316 e. The predicted molar refractivity (Wildman–Crippen MR) is 125 cm³/mol. The second-order valence-electron chi connectivity index (χ2n) is 8.48. The van der Waals surface area contributed by atoms with Crippen LogP contribution in [0.2, 0.25) is 0 Å². The Kier molecular flexibility index (Phi) is 20.0. The lowest BCUT2D eigenvalue weighted by Crippen LogP contribution is -2.19. The number of hydrogen-bond acceptors (Lipinski definition) is 6. The van der Waals surface area contributed by atoms with Crippen molar-refractivity contribution in [2.24, 2.45) is 0 Å². The van der Waals surface area contributed by atoms with Gasteiger partial charge in [0.05, 0.1) is 0 Å². The molecular formula is C24H46O6S. The highest BCUT2D eigenvalue weighted by atomic mass is 32.3. The molecule has 0 spiro atoms. The summed E-state index contributed by atoms with van der Waals surface area (Å²) in [6.45, 7) is 4.39. The third-order valence-electron chi connectivity index (χ3n) is 5.36. The lowest BCUT2D eigenvalue weighted by atomic mass is 10.1. The zero-order valence-electron chi connectivity index (χ0n) is 20.0. The monoisotopic (exact) mass is 462 g/mol. The van der Waals surface area contributed by atoms with Gasteiger partial charge in [-0.25, -0.2) is 0 Å². The number of rotatable bonds is 22. The first kappa shape index (κ1) is 29.9. The van der Waals surface area contributed by atoms with Gasteiger partial charge in [0, 0.05) is 12.8 Å². The van der Waals surface area contributed by atoms with Crippen molar-refractivity contribution in [3.05, 3.63) is 0 Å². The first-order valence-corrected chi connectivity index (χ1v) is 13.9. The van der Waals surface area contributed by atoms with Crippen molar-refractivity contribution in [3.8, 4) is 0 Å². The van der Waals surface area contributed by atoms with E-state index >= 15 is 0 Å². The first-order valence-electron chi connectivity index (χ1n) is 12.6. The van der Waals surface area contributed by atoms with Gasteiger partial charge in [-0.3, -0.25) is 9.59 Å². The Morgan fingerprint density at radius 2 is 0.742 bits per heavy atom. The summed E-state index contributed by atoms with van der Waals surface area (Å²) < 4.78 is 32.1. The van der Waals surface area contributed by atoms with E-state index in [1.165, 1.54) is 64.2 Å². The van der Waals surface area contributed by atoms with E-state index in [2.05, 4.69) is 22.2 Å². The standard InChI is InChI=1S/C24H46O6S/c1-3-5-7-9-11-13-15-17-19-21-23(25)29-31(27,28)30-24(26)22-20-18-16-14-12-10-8-6-4-2/h3-22H2,1-2H3. The summed E-state index contributed by atoms with van der Waals surface area (Å²) in [5.41, 5.74) is 0. The van der Waals surface area contributed by atoms with Gasteiger partial charge >= 0.3 is 22.3 Å². The average molecular weight is 463 g/mol. The number of hydrogen-bond donors (Lipinski definition) is 0. The van der Waals surface area contributed by atoms with E-state index in [0.29, 0.717) is 12.8 Å². The van der Waals surface area contributed by atoms with Gasteiger partial charge in [0.1, 0.15) is 0 Å². The molecule has 0 aromatic carbocycles. The molecule has 0 aliphatic rings. The number of carbonyl (C=O) groups excluding carboxylic acids is 2. The van der Waals surface area contributed by atoms with Crippen molar-refractivity contribution in [2.75, 3.05) is 0 Å². The highest BCUT2D eigenvalue weighted by molar-refractivity contribution is 7.82.